The fourth-order valence-electron chi connectivity index (χ4n) is 3.61. The minimum atomic E-state index is -0.0946. The lowest BCUT2D eigenvalue weighted by atomic mass is 9.76. The van der Waals surface area contributed by atoms with E-state index in [0.29, 0.717) is 17.3 Å². The molecule has 0 N–H and O–H groups in total. The van der Waals surface area contributed by atoms with Crippen molar-refractivity contribution in [3.63, 3.8) is 0 Å². The van der Waals surface area contributed by atoms with Crippen LogP contribution in [-0.4, -0.2) is 30.2 Å². The summed E-state index contributed by atoms with van der Waals surface area (Å²) in [5.41, 5.74) is 0.505. The Balaban J connectivity index is 1.83. The van der Waals surface area contributed by atoms with Crippen molar-refractivity contribution in [2.75, 3.05) is 6.54 Å². The Morgan fingerprint density at radius 2 is 2.08 bits per heavy atom. The molecule has 1 heterocycles. The Labute approximate surface area is 77.1 Å². The van der Waals surface area contributed by atoms with E-state index in [-0.39, 0.29) is 6.04 Å². The molecule has 3 rings (SSSR count). The van der Waals surface area contributed by atoms with Gasteiger partial charge in [0, 0.05) is 6.54 Å². The summed E-state index contributed by atoms with van der Waals surface area (Å²) in [7, 11) is 0. The first-order valence-electron chi connectivity index (χ1n) is 5.00. The molecule has 0 aromatic heterocycles. The van der Waals surface area contributed by atoms with Crippen molar-refractivity contribution >= 4 is 12.7 Å². The molecule has 0 aromatic carbocycles. The van der Waals surface area contributed by atoms with Gasteiger partial charge in [-0.25, -0.2) is 0 Å². The summed E-state index contributed by atoms with van der Waals surface area (Å²) < 4.78 is 0. The number of rotatable bonds is 2. The van der Waals surface area contributed by atoms with Gasteiger partial charge in [-0.05, 0) is 30.1 Å². The second-order valence-electron chi connectivity index (χ2n) is 4.65. The van der Waals surface area contributed by atoms with E-state index < -0.39 is 0 Å². The molecule has 1 saturated heterocycles. The van der Waals surface area contributed by atoms with E-state index in [1.54, 1.807) is 4.90 Å². The van der Waals surface area contributed by atoms with E-state index in [4.69, 9.17) is 0 Å². The summed E-state index contributed by atoms with van der Waals surface area (Å²) >= 11 is 0. The van der Waals surface area contributed by atoms with E-state index >= 15 is 0 Å². The van der Waals surface area contributed by atoms with Gasteiger partial charge in [0.1, 0.15) is 6.29 Å². The summed E-state index contributed by atoms with van der Waals surface area (Å²) in [6, 6.07) is -0.0946. The van der Waals surface area contributed by atoms with Crippen LogP contribution in [0, 0.1) is 17.3 Å². The molecule has 3 heteroatoms. The zero-order valence-corrected chi connectivity index (χ0v) is 7.48. The largest absolute Gasteiger partial charge is 0.335 e. The molecule has 0 unspecified atom stereocenters. The molecule has 3 nitrogen and oxygen atoms in total. The van der Waals surface area contributed by atoms with Crippen LogP contribution in [-0.2, 0) is 9.59 Å². The zero-order valence-electron chi connectivity index (χ0n) is 7.48. The van der Waals surface area contributed by atoms with Crippen LogP contribution in [0.15, 0.2) is 0 Å². The van der Waals surface area contributed by atoms with Gasteiger partial charge >= 0.3 is 0 Å². The molecule has 3 atom stereocenters. The van der Waals surface area contributed by atoms with E-state index in [1.807, 2.05) is 0 Å². The molecule has 0 bridgehead atoms. The van der Waals surface area contributed by atoms with Gasteiger partial charge in [-0.15, -0.1) is 0 Å². The summed E-state index contributed by atoms with van der Waals surface area (Å²) in [5.74, 6) is 1.17. The first kappa shape index (κ1) is 7.54. The van der Waals surface area contributed by atoms with E-state index in [2.05, 4.69) is 0 Å². The maximum Gasteiger partial charge on any atom is 0.210 e. The van der Waals surface area contributed by atoms with Gasteiger partial charge in [0.15, 0.2) is 0 Å². The number of hydrogen-bond donors (Lipinski definition) is 0. The molecule has 70 valence electrons. The molecule has 0 radical (unpaired) electrons. The Morgan fingerprint density at radius 3 is 2.54 bits per heavy atom. The lowest BCUT2D eigenvalue weighted by Crippen LogP contribution is -2.39. The SMILES string of the molecule is O=C[C@@H]1[C@@H]2[C@H](CN1C=O)C21CCC1. The number of hydrogen-bond acceptors (Lipinski definition) is 2. The molecule has 0 aromatic rings. The molecule has 3 aliphatic rings. The van der Waals surface area contributed by atoms with Crippen molar-refractivity contribution in [1.29, 1.82) is 0 Å². The van der Waals surface area contributed by atoms with E-state index in [0.717, 1.165) is 19.2 Å². The number of fused-ring (bicyclic) bond motifs is 3. The van der Waals surface area contributed by atoms with Gasteiger partial charge in [-0.1, -0.05) is 6.42 Å². The van der Waals surface area contributed by atoms with Crippen molar-refractivity contribution in [2.24, 2.45) is 17.3 Å². The predicted molar refractivity (Wildman–Crippen MR) is 45.9 cm³/mol. The Kier molecular flexibility index (Phi) is 1.24. The van der Waals surface area contributed by atoms with Crippen LogP contribution in [0.5, 0.6) is 0 Å². The van der Waals surface area contributed by atoms with E-state index in [1.165, 1.54) is 19.3 Å². The van der Waals surface area contributed by atoms with Gasteiger partial charge in [-0.3, -0.25) is 4.79 Å². The van der Waals surface area contributed by atoms with Gasteiger partial charge in [-0.2, -0.15) is 0 Å². The van der Waals surface area contributed by atoms with Crippen molar-refractivity contribution in [3.05, 3.63) is 0 Å². The van der Waals surface area contributed by atoms with Crippen LogP contribution < -0.4 is 0 Å². The topological polar surface area (TPSA) is 37.4 Å². The van der Waals surface area contributed by atoms with Crippen molar-refractivity contribution in [2.45, 2.75) is 25.3 Å². The molecule has 1 aliphatic heterocycles. The Bertz CT molecular complexity index is 272. The number of piperidine rings is 1. The highest BCUT2D eigenvalue weighted by Gasteiger charge is 2.73. The summed E-state index contributed by atoms with van der Waals surface area (Å²) in [6.45, 7) is 0.831. The highest BCUT2D eigenvalue weighted by atomic mass is 16.1. The lowest BCUT2D eigenvalue weighted by molar-refractivity contribution is -0.125. The minimum absolute atomic E-state index is 0.0946. The standard InChI is InChI=1S/C10H13NO2/c12-5-8-9-7(4-11(8)6-13)10(9)2-1-3-10/h5-9H,1-4H2/t7-,8+,9-/m0/s1. The number of likely N-dealkylation sites (tertiary alicyclic amines) is 1. The fourth-order valence-corrected chi connectivity index (χ4v) is 3.61. The fraction of sp³-hybridized carbons (Fsp3) is 0.800. The highest BCUT2D eigenvalue weighted by molar-refractivity contribution is 5.68. The molecule has 1 spiro atoms. The summed E-state index contributed by atoms with van der Waals surface area (Å²) in [6.07, 6.45) is 5.70. The molecule has 1 amide bonds. The second-order valence-corrected chi connectivity index (χ2v) is 4.65. The average Bonchev–Trinajstić information content (AvgIpc) is 2.60. The molecular formula is C10H13NO2. The predicted octanol–water partition coefficient (Wildman–Crippen LogP) is 0.442. The first-order chi connectivity index (χ1) is 6.33. The van der Waals surface area contributed by atoms with E-state index in [9.17, 15) is 9.59 Å². The van der Waals surface area contributed by atoms with Crippen LogP contribution in [0.25, 0.3) is 0 Å². The molecule has 13 heavy (non-hydrogen) atoms. The Hall–Kier alpha value is -0.860. The van der Waals surface area contributed by atoms with Crippen LogP contribution in [0.4, 0.5) is 0 Å². The number of carbonyl (C=O) groups is 2. The van der Waals surface area contributed by atoms with Crippen LogP contribution in [0.3, 0.4) is 0 Å². The van der Waals surface area contributed by atoms with Crippen LogP contribution >= 0.6 is 0 Å². The molecule has 3 fully saturated rings. The summed E-state index contributed by atoms with van der Waals surface area (Å²) in [4.78, 5) is 23.1. The molecular weight excluding hydrogens is 166 g/mol. The minimum Gasteiger partial charge on any atom is -0.335 e. The van der Waals surface area contributed by atoms with Gasteiger partial charge < -0.3 is 9.69 Å². The third-order valence-corrected chi connectivity index (χ3v) is 4.44. The van der Waals surface area contributed by atoms with Gasteiger partial charge in [0.2, 0.25) is 6.41 Å². The Morgan fingerprint density at radius 1 is 1.31 bits per heavy atom. The number of aldehydes is 1. The monoisotopic (exact) mass is 179 g/mol. The smallest absolute Gasteiger partial charge is 0.210 e. The second kappa shape index (κ2) is 2.14. The molecule has 2 saturated carbocycles. The highest BCUT2D eigenvalue weighted by Crippen LogP contribution is 2.73. The first-order valence-corrected chi connectivity index (χ1v) is 5.00. The quantitative estimate of drug-likeness (QED) is 0.577. The number of carbonyl (C=O) groups excluding carboxylic acids is 2. The normalized spacial score (nSPS) is 44.0. The average molecular weight is 179 g/mol. The third kappa shape index (κ3) is 0.675. The zero-order chi connectivity index (χ0) is 9.05. The van der Waals surface area contributed by atoms with Crippen molar-refractivity contribution in [1.82, 2.24) is 4.90 Å². The maximum atomic E-state index is 10.8. The summed E-state index contributed by atoms with van der Waals surface area (Å²) in [5, 5.41) is 0. The third-order valence-electron chi connectivity index (χ3n) is 4.44. The maximum absolute atomic E-state index is 10.8. The molecule has 2 aliphatic carbocycles. The van der Waals surface area contributed by atoms with Gasteiger partial charge in [0.25, 0.3) is 0 Å². The number of nitrogens with zero attached hydrogens (tertiary/aromatic N) is 1. The van der Waals surface area contributed by atoms with Crippen LogP contribution in [0.2, 0.25) is 0 Å². The van der Waals surface area contributed by atoms with Crippen molar-refractivity contribution in [3.8, 4) is 0 Å². The van der Waals surface area contributed by atoms with Gasteiger partial charge in [0.05, 0.1) is 6.04 Å². The van der Waals surface area contributed by atoms with Crippen LogP contribution in [0.1, 0.15) is 19.3 Å². The van der Waals surface area contributed by atoms with Crippen molar-refractivity contribution < 1.29 is 9.59 Å². The lowest BCUT2D eigenvalue weighted by Gasteiger charge is -2.34. The number of amides is 1.